The summed E-state index contributed by atoms with van der Waals surface area (Å²) in [5.41, 5.74) is 1.25. The van der Waals surface area contributed by atoms with Crippen LogP contribution in [-0.2, 0) is 8.92 Å². The van der Waals surface area contributed by atoms with E-state index in [4.69, 9.17) is 14.0 Å². The van der Waals surface area contributed by atoms with Gasteiger partial charge in [-0.1, -0.05) is 118 Å². The molecule has 0 aromatic heterocycles. The Bertz CT molecular complexity index is 1040. The second-order valence-corrected chi connectivity index (χ2v) is 24.9. The van der Waals surface area contributed by atoms with Crippen molar-refractivity contribution < 1.29 is 19.1 Å². The number of unbranched alkanes of at least 4 members (excludes halogenated alkanes) is 13. The van der Waals surface area contributed by atoms with E-state index in [0.717, 1.165) is 75.0 Å². The molecule has 0 bridgehead atoms. The van der Waals surface area contributed by atoms with Crippen molar-refractivity contribution in [1.82, 2.24) is 4.90 Å². The molecule has 2 N–H and O–H groups in total. The Labute approximate surface area is 371 Å². The van der Waals surface area contributed by atoms with E-state index in [1.807, 2.05) is 0 Å². The average Bonchev–Trinajstić information content (AvgIpc) is 3.59. The molecule has 4 fully saturated rings. The first-order valence-corrected chi connectivity index (χ1v) is 28.9. The maximum atomic E-state index is 9.57. The summed E-state index contributed by atoms with van der Waals surface area (Å²) in [6, 6.07) is 0. The SMILES string of the molecule is CCCCCCCCOC(CCCCCN(CCCCO)CCC[C@@H](C)C1CCC2C3CCC4CCCCC4(C)C3CCC21C)OS(C)(C)CCCCCCCC.CO. The molecular weight excluding hydrogens is 747 g/mol. The van der Waals surface area contributed by atoms with E-state index >= 15 is 0 Å². The van der Waals surface area contributed by atoms with Crippen LogP contribution in [0.1, 0.15) is 227 Å². The number of aliphatic hydroxyl groups excluding tert-OH is 2. The molecule has 59 heavy (non-hydrogen) atoms. The largest absolute Gasteiger partial charge is 0.400 e. The highest BCUT2D eigenvalue weighted by Crippen LogP contribution is 2.68. The van der Waals surface area contributed by atoms with Crippen LogP contribution in [0.5, 0.6) is 0 Å². The molecule has 0 aromatic carbocycles. The topological polar surface area (TPSA) is 62.2 Å². The number of rotatable bonds is 32. The molecule has 4 rings (SSSR count). The first-order valence-electron chi connectivity index (χ1n) is 26.4. The predicted molar refractivity (Wildman–Crippen MR) is 259 cm³/mol. The molecule has 5 nitrogen and oxygen atoms in total. The Morgan fingerprint density at radius 2 is 1.25 bits per heavy atom. The van der Waals surface area contributed by atoms with Crippen LogP contribution >= 0.6 is 10.3 Å². The molecular formula is C53H105NO4S. The molecule has 9 atom stereocenters. The standard InChI is InChI=1S/C52H101NO3S.CH4O/c1-8-10-12-14-16-25-42-55-50(56-57(6,7)43-26-17-15-13-11-9-2)30-19-18-22-38-53(39-23-24-41-54)40-27-28-44(3)47-33-34-48-46-32-31-45-29-20-21-36-51(45,4)49(46)35-37-52(47,48)5;1-2/h44-50,54H,8-43H2,1-7H3;2H,1H3/t44-,45?,46?,47?,48?,49?,50?,51?,52?;/m1./s1. The fraction of sp³-hybridized carbons (Fsp3) is 1.00. The smallest absolute Gasteiger partial charge is 0.168 e. The number of aliphatic hydroxyl groups is 2. The molecule has 8 unspecified atom stereocenters. The van der Waals surface area contributed by atoms with Gasteiger partial charge in [-0.25, -0.2) is 0 Å². The zero-order chi connectivity index (χ0) is 43.0. The first kappa shape index (κ1) is 53.5. The van der Waals surface area contributed by atoms with E-state index in [1.165, 1.54) is 186 Å². The lowest BCUT2D eigenvalue weighted by atomic mass is 9.44. The molecule has 352 valence electrons. The summed E-state index contributed by atoms with van der Waals surface area (Å²) in [4.78, 5) is 2.76. The summed E-state index contributed by atoms with van der Waals surface area (Å²) in [5, 5.41) is 16.6. The van der Waals surface area contributed by atoms with Gasteiger partial charge in [-0.3, -0.25) is 0 Å². The Morgan fingerprint density at radius 1 is 0.627 bits per heavy atom. The predicted octanol–water partition coefficient (Wildman–Crippen LogP) is 14.8. The highest BCUT2D eigenvalue weighted by atomic mass is 32.3. The van der Waals surface area contributed by atoms with Crippen molar-refractivity contribution in [3.8, 4) is 0 Å². The lowest BCUT2D eigenvalue weighted by molar-refractivity contribution is -0.114. The molecule has 0 heterocycles. The van der Waals surface area contributed by atoms with E-state index < -0.39 is 10.3 Å². The summed E-state index contributed by atoms with van der Waals surface area (Å²) in [6.45, 7) is 17.5. The number of ether oxygens (including phenoxy) is 1. The summed E-state index contributed by atoms with van der Waals surface area (Å²) in [7, 11) is -0.0975. The number of hydrogen-bond acceptors (Lipinski definition) is 5. The Balaban J connectivity index is 0.00000458. The summed E-state index contributed by atoms with van der Waals surface area (Å²) >= 11 is 0. The number of hydrogen-bond donors (Lipinski definition) is 2. The quantitative estimate of drug-likeness (QED) is 0.0521. The number of nitrogens with zero attached hydrogens (tertiary/aromatic N) is 1. The van der Waals surface area contributed by atoms with E-state index in [2.05, 4.69) is 52.0 Å². The van der Waals surface area contributed by atoms with Gasteiger partial charge in [0.15, 0.2) is 6.29 Å². The maximum absolute atomic E-state index is 9.57. The normalized spacial score (nSPS) is 29.3. The van der Waals surface area contributed by atoms with Crippen molar-refractivity contribution in [2.75, 3.05) is 58.2 Å². The molecule has 4 saturated carbocycles. The third-order valence-corrected chi connectivity index (χ3v) is 18.9. The van der Waals surface area contributed by atoms with Gasteiger partial charge in [0.2, 0.25) is 0 Å². The van der Waals surface area contributed by atoms with Gasteiger partial charge in [-0.05, 0) is 193 Å². The molecule has 0 amide bonds. The molecule has 0 aromatic rings. The molecule has 0 aliphatic heterocycles. The summed E-state index contributed by atoms with van der Waals surface area (Å²) < 4.78 is 13.4. The van der Waals surface area contributed by atoms with E-state index in [0.29, 0.717) is 17.4 Å². The molecule has 0 saturated heterocycles. The lowest BCUT2D eigenvalue weighted by Crippen LogP contribution is -2.53. The van der Waals surface area contributed by atoms with Gasteiger partial charge < -0.3 is 24.0 Å². The van der Waals surface area contributed by atoms with Crippen molar-refractivity contribution >= 4 is 10.3 Å². The Kier molecular flexibility index (Phi) is 26.8. The number of fused-ring (bicyclic) bond motifs is 5. The zero-order valence-corrected chi connectivity index (χ0v) is 41.9. The third-order valence-electron chi connectivity index (χ3n) is 16.9. The second-order valence-electron chi connectivity index (χ2n) is 21.4. The van der Waals surface area contributed by atoms with Crippen LogP contribution in [0, 0.1) is 46.3 Å². The maximum Gasteiger partial charge on any atom is 0.168 e. The van der Waals surface area contributed by atoms with Crippen molar-refractivity contribution in [3.63, 3.8) is 0 Å². The lowest BCUT2D eigenvalue weighted by Gasteiger charge is -2.61. The van der Waals surface area contributed by atoms with Crippen LogP contribution in [0.4, 0.5) is 0 Å². The Hall–Kier alpha value is 0.150. The monoisotopic (exact) mass is 852 g/mol. The van der Waals surface area contributed by atoms with Crippen LogP contribution in [0.25, 0.3) is 0 Å². The van der Waals surface area contributed by atoms with Gasteiger partial charge in [-0.15, -0.1) is 10.3 Å². The van der Waals surface area contributed by atoms with Gasteiger partial charge in [0.25, 0.3) is 0 Å². The van der Waals surface area contributed by atoms with E-state index in [9.17, 15) is 5.11 Å². The van der Waals surface area contributed by atoms with Gasteiger partial charge >= 0.3 is 0 Å². The average molecular weight is 852 g/mol. The Morgan fingerprint density at radius 3 is 1.97 bits per heavy atom. The van der Waals surface area contributed by atoms with Crippen molar-refractivity contribution in [2.24, 2.45) is 46.3 Å². The van der Waals surface area contributed by atoms with Crippen LogP contribution in [0.2, 0.25) is 0 Å². The van der Waals surface area contributed by atoms with Gasteiger partial charge in [0, 0.05) is 20.3 Å². The van der Waals surface area contributed by atoms with Crippen LogP contribution in [-0.4, -0.2) is 79.6 Å². The van der Waals surface area contributed by atoms with Gasteiger partial charge in [-0.2, -0.15) is 0 Å². The second kappa shape index (κ2) is 29.6. The minimum atomic E-state index is -1.10. The van der Waals surface area contributed by atoms with Crippen LogP contribution < -0.4 is 0 Å². The molecule has 4 aliphatic rings. The molecule has 4 aliphatic carbocycles. The van der Waals surface area contributed by atoms with Gasteiger partial charge in [0.05, 0.1) is 0 Å². The molecule has 6 heteroatoms. The third kappa shape index (κ3) is 17.6. The molecule has 0 radical (unpaired) electrons. The van der Waals surface area contributed by atoms with Crippen molar-refractivity contribution in [3.05, 3.63) is 0 Å². The minimum absolute atomic E-state index is 0.0367. The van der Waals surface area contributed by atoms with Crippen LogP contribution in [0.15, 0.2) is 0 Å². The molecule has 0 spiro atoms. The highest BCUT2D eigenvalue weighted by Gasteiger charge is 2.60. The minimum Gasteiger partial charge on any atom is -0.400 e. The van der Waals surface area contributed by atoms with E-state index in [1.54, 1.807) is 6.42 Å². The van der Waals surface area contributed by atoms with E-state index in [-0.39, 0.29) is 6.29 Å². The highest BCUT2D eigenvalue weighted by molar-refractivity contribution is 8.28. The van der Waals surface area contributed by atoms with Gasteiger partial charge in [0.1, 0.15) is 0 Å². The van der Waals surface area contributed by atoms with Crippen molar-refractivity contribution in [2.45, 2.75) is 234 Å². The summed E-state index contributed by atoms with van der Waals surface area (Å²) in [6.07, 6.45) is 45.4. The zero-order valence-electron chi connectivity index (χ0n) is 41.1. The van der Waals surface area contributed by atoms with Crippen LogP contribution in [0.3, 0.4) is 0 Å². The first-order chi connectivity index (χ1) is 28.6. The summed E-state index contributed by atoms with van der Waals surface area (Å²) in [5.74, 6) is 7.06. The van der Waals surface area contributed by atoms with Crippen molar-refractivity contribution in [1.29, 1.82) is 0 Å². The fourth-order valence-electron chi connectivity index (χ4n) is 13.5. The fourth-order valence-corrected chi connectivity index (χ4v) is 15.3.